The Labute approximate surface area is 123 Å². The highest BCUT2D eigenvalue weighted by atomic mass is 79.9. The lowest BCUT2D eigenvalue weighted by molar-refractivity contribution is 0.195. The Kier molecular flexibility index (Phi) is 4.45. The summed E-state index contributed by atoms with van der Waals surface area (Å²) >= 11 is 9.01. The van der Waals surface area contributed by atoms with Crippen molar-refractivity contribution in [3.63, 3.8) is 0 Å². The van der Waals surface area contributed by atoms with E-state index in [1.165, 1.54) is 12.1 Å². The maximum atomic E-state index is 13.8. The van der Waals surface area contributed by atoms with Crippen molar-refractivity contribution in [1.82, 2.24) is 0 Å². The Bertz CT molecular complexity index is 602. The van der Waals surface area contributed by atoms with Gasteiger partial charge in [-0.15, -0.1) is 0 Å². The highest BCUT2D eigenvalue weighted by Crippen LogP contribution is 2.34. The molecule has 0 bridgehead atoms. The van der Waals surface area contributed by atoms with E-state index in [9.17, 15) is 9.50 Å². The van der Waals surface area contributed by atoms with Gasteiger partial charge in [0.1, 0.15) is 5.75 Å². The number of rotatable bonds is 3. The molecule has 19 heavy (non-hydrogen) atoms. The predicted molar refractivity (Wildman–Crippen MR) is 76.3 cm³/mol. The number of hydrogen-bond donors (Lipinski definition) is 1. The summed E-state index contributed by atoms with van der Waals surface area (Å²) in [6, 6.07) is 9.66. The fourth-order valence-corrected chi connectivity index (χ4v) is 2.16. The minimum absolute atomic E-state index is 0.00629. The maximum absolute atomic E-state index is 13.8. The fraction of sp³-hybridized carbons (Fsp3) is 0.143. The Hall–Kier alpha value is -1.10. The van der Waals surface area contributed by atoms with Crippen LogP contribution in [0.2, 0.25) is 5.02 Å². The molecule has 2 rings (SSSR count). The molecule has 100 valence electrons. The van der Waals surface area contributed by atoms with Gasteiger partial charge in [-0.1, -0.05) is 33.6 Å². The minimum atomic E-state index is -0.727. The Balaban J connectivity index is 2.41. The molecule has 0 aromatic heterocycles. The minimum Gasteiger partial charge on any atom is -0.454 e. The largest absolute Gasteiger partial charge is 0.454 e. The molecule has 1 N–H and O–H groups in total. The number of ether oxygens (including phenoxy) is 1. The first-order valence-corrected chi connectivity index (χ1v) is 6.75. The van der Waals surface area contributed by atoms with E-state index in [-0.39, 0.29) is 10.8 Å². The summed E-state index contributed by atoms with van der Waals surface area (Å²) < 4.78 is 20.1. The molecule has 2 nitrogen and oxygen atoms in total. The van der Waals surface area contributed by atoms with E-state index in [2.05, 4.69) is 15.9 Å². The molecule has 0 saturated carbocycles. The summed E-state index contributed by atoms with van der Waals surface area (Å²) in [5.41, 5.74) is 0.564. The molecule has 0 spiro atoms. The van der Waals surface area contributed by atoms with Crippen LogP contribution in [-0.2, 0) is 0 Å². The van der Waals surface area contributed by atoms with Crippen LogP contribution in [-0.4, -0.2) is 5.11 Å². The number of halogens is 3. The van der Waals surface area contributed by atoms with Crippen molar-refractivity contribution in [3.05, 3.63) is 57.3 Å². The molecule has 0 aliphatic rings. The van der Waals surface area contributed by atoms with Crippen LogP contribution < -0.4 is 4.74 Å². The van der Waals surface area contributed by atoms with E-state index >= 15 is 0 Å². The zero-order chi connectivity index (χ0) is 14.0. The van der Waals surface area contributed by atoms with E-state index in [0.717, 1.165) is 4.47 Å². The van der Waals surface area contributed by atoms with Crippen molar-refractivity contribution in [2.45, 2.75) is 13.0 Å². The second kappa shape index (κ2) is 5.90. The molecule has 0 fully saturated rings. The Morgan fingerprint density at radius 1 is 1.26 bits per heavy atom. The van der Waals surface area contributed by atoms with Gasteiger partial charge in [-0.3, -0.25) is 0 Å². The van der Waals surface area contributed by atoms with Crippen LogP contribution in [0.5, 0.6) is 11.5 Å². The summed E-state index contributed by atoms with van der Waals surface area (Å²) in [5.74, 6) is -0.209. The summed E-state index contributed by atoms with van der Waals surface area (Å²) in [6.45, 7) is 1.61. The number of benzene rings is 2. The van der Waals surface area contributed by atoms with Crippen LogP contribution in [0.25, 0.3) is 0 Å². The maximum Gasteiger partial charge on any atom is 0.184 e. The number of aliphatic hydroxyl groups excluding tert-OH is 1. The standard InChI is InChI=1S/C14H11BrClFO2/c1-8(18)10-7-9(15)5-6-12(10)19-13-4-2-3-11(16)14(13)17/h2-8,18H,1H3. The third kappa shape index (κ3) is 3.26. The zero-order valence-electron chi connectivity index (χ0n) is 10.0. The van der Waals surface area contributed by atoms with Gasteiger partial charge in [-0.05, 0) is 37.3 Å². The van der Waals surface area contributed by atoms with E-state index in [1.807, 2.05) is 0 Å². The van der Waals surface area contributed by atoms with Gasteiger partial charge in [-0.25, -0.2) is 4.39 Å². The monoisotopic (exact) mass is 344 g/mol. The average Bonchev–Trinajstić information content (AvgIpc) is 2.36. The van der Waals surface area contributed by atoms with Gasteiger partial charge in [0.15, 0.2) is 11.6 Å². The molecule has 1 unspecified atom stereocenters. The van der Waals surface area contributed by atoms with E-state index in [0.29, 0.717) is 11.3 Å². The van der Waals surface area contributed by atoms with Crippen LogP contribution >= 0.6 is 27.5 Å². The van der Waals surface area contributed by atoms with Crippen molar-refractivity contribution in [2.75, 3.05) is 0 Å². The Morgan fingerprint density at radius 3 is 2.68 bits per heavy atom. The molecule has 2 aromatic carbocycles. The second-order valence-electron chi connectivity index (χ2n) is 4.01. The molecule has 5 heteroatoms. The summed E-state index contributed by atoms with van der Waals surface area (Å²) in [6.07, 6.45) is -0.727. The molecule has 0 saturated heterocycles. The highest BCUT2D eigenvalue weighted by Gasteiger charge is 2.14. The molecule has 0 amide bonds. The van der Waals surface area contributed by atoms with E-state index in [1.54, 1.807) is 31.2 Å². The van der Waals surface area contributed by atoms with E-state index < -0.39 is 11.9 Å². The topological polar surface area (TPSA) is 29.5 Å². The van der Waals surface area contributed by atoms with Crippen molar-refractivity contribution in [3.8, 4) is 11.5 Å². The zero-order valence-corrected chi connectivity index (χ0v) is 12.4. The van der Waals surface area contributed by atoms with Gasteiger partial charge in [0.2, 0.25) is 0 Å². The van der Waals surface area contributed by atoms with Gasteiger partial charge in [0.05, 0.1) is 11.1 Å². The summed E-state index contributed by atoms with van der Waals surface area (Å²) in [4.78, 5) is 0. The van der Waals surface area contributed by atoms with Crippen LogP contribution in [0.1, 0.15) is 18.6 Å². The SMILES string of the molecule is CC(O)c1cc(Br)ccc1Oc1cccc(Cl)c1F. The van der Waals surface area contributed by atoms with E-state index in [4.69, 9.17) is 16.3 Å². The first kappa shape index (κ1) is 14.3. The first-order chi connectivity index (χ1) is 8.99. The molecule has 0 heterocycles. The average molecular weight is 346 g/mol. The Morgan fingerprint density at radius 2 is 2.00 bits per heavy atom. The lowest BCUT2D eigenvalue weighted by Gasteiger charge is -2.14. The van der Waals surface area contributed by atoms with Gasteiger partial charge < -0.3 is 9.84 Å². The van der Waals surface area contributed by atoms with Gasteiger partial charge in [0, 0.05) is 10.0 Å². The van der Waals surface area contributed by atoms with Crippen LogP contribution in [0.15, 0.2) is 40.9 Å². The molecular formula is C14H11BrClFO2. The molecule has 1 atom stereocenters. The van der Waals surface area contributed by atoms with Crippen LogP contribution in [0.4, 0.5) is 4.39 Å². The van der Waals surface area contributed by atoms with Crippen LogP contribution in [0, 0.1) is 5.82 Å². The lowest BCUT2D eigenvalue weighted by Crippen LogP contribution is -1.97. The molecule has 0 aliphatic heterocycles. The number of aliphatic hydroxyl groups is 1. The molecule has 2 aromatic rings. The summed E-state index contributed by atoms with van der Waals surface area (Å²) in [5, 5.41) is 9.70. The molecule has 0 aliphatic carbocycles. The van der Waals surface area contributed by atoms with Gasteiger partial charge >= 0.3 is 0 Å². The predicted octanol–water partition coefficient (Wildman–Crippen LogP) is 5.09. The number of hydrogen-bond acceptors (Lipinski definition) is 2. The molecular weight excluding hydrogens is 335 g/mol. The third-order valence-electron chi connectivity index (χ3n) is 2.56. The van der Waals surface area contributed by atoms with Crippen molar-refractivity contribution in [2.24, 2.45) is 0 Å². The second-order valence-corrected chi connectivity index (χ2v) is 5.34. The normalized spacial score (nSPS) is 12.3. The lowest BCUT2D eigenvalue weighted by atomic mass is 10.1. The summed E-state index contributed by atoms with van der Waals surface area (Å²) in [7, 11) is 0. The highest BCUT2D eigenvalue weighted by molar-refractivity contribution is 9.10. The third-order valence-corrected chi connectivity index (χ3v) is 3.34. The molecule has 0 radical (unpaired) electrons. The van der Waals surface area contributed by atoms with Crippen molar-refractivity contribution in [1.29, 1.82) is 0 Å². The smallest absolute Gasteiger partial charge is 0.184 e. The van der Waals surface area contributed by atoms with Gasteiger partial charge in [0.25, 0.3) is 0 Å². The van der Waals surface area contributed by atoms with Crippen molar-refractivity contribution < 1.29 is 14.2 Å². The first-order valence-electron chi connectivity index (χ1n) is 5.58. The van der Waals surface area contributed by atoms with Gasteiger partial charge in [-0.2, -0.15) is 0 Å². The fourth-order valence-electron chi connectivity index (χ4n) is 1.62. The quantitative estimate of drug-likeness (QED) is 0.840. The van der Waals surface area contributed by atoms with Crippen LogP contribution in [0.3, 0.4) is 0 Å². The van der Waals surface area contributed by atoms with Crippen molar-refractivity contribution >= 4 is 27.5 Å².